The van der Waals surface area contributed by atoms with Crippen LogP contribution in [-0.4, -0.2) is 19.2 Å². The second-order valence-electron chi connectivity index (χ2n) is 7.97. The number of carbonyl (C=O) groups is 1. The highest BCUT2D eigenvalue weighted by atomic mass is 79.9. The Bertz CT molecular complexity index is 964. The number of allylic oxidation sites excluding steroid dienone is 3. The van der Waals surface area contributed by atoms with Crippen LogP contribution in [0.4, 0.5) is 0 Å². The maximum absolute atomic E-state index is 11.6. The van der Waals surface area contributed by atoms with E-state index in [4.69, 9.17) is 4.74 Å². The zero-order valence-electron chi connectivity index (χ0n) is 19.6. The van der Waals surface area contributed by atoms with Crippen molar-refractivity contribution in [3.05, 3.63) is 114 Å². The molecule has 0 saturated heterocycles. The van der Waals surface area contributed by atoms with Crippen molar-refractivity contribution < 1.29 is 26.5 Å². The van der Waals surface area contributed by atoms with Crippen LogP contribution < -0.4 is 32.9 Å². The molecule has 3 rings (SSSR count). The number of ether oxygens (including phenoxy) is 1. The Morgan fingerprint density at radius 2 is 1.18 bits per heavy atom. The average Bonchev–Trinajstić information content (AvgIpc) is 2.86. The summed E-state index contributed by atoms with van der Waals surface area (Å²) in [5.74, 6) is -0.256. The molecule has 3 aromatic rings. The molecule has 0 aliphatic carbocycles. The second-order valence-corrected chi connectivity index (χ2v) is 11.5. The van der Waals surface area contributed by atoms with Gasteiger partial charge in [-0.1, -0.05) is 66.2 Å². The largest absolute Gasteiger partial charge is 1.00 e. The minimum Gasteiger partial charge on any atom is -1.00 e. The molecule has 3 aromatic carbocycles. The number of benzene rings is 3. The maximum Gasteiger partial charge on any atom is 0.333 e. The standard InChI is InChI=1S/C29H32O2P.BrH/c1-24(14-13-15-25(2)29(30)31-3)22-23-32(26-16-7-4-8-17-26,27-18-9-5-10-19-27)28-20-11-6-12-21-28;/h4-12,15-22H,13-14,23H2,1-3H3;1H/q+1;/p-1. The van der Waals surface area contributed by atoms with Crippen molar-refractivity contribution in [3.63, 3.8) is 0 Å². The summed E-state index contributed by atoms with van der Waals surface area (Å²) in [5.41, 5.74) is 2.01. The van der Waals surface area contributed by atoms with Crippen LogP contribution in [0.2, 0.25) is 0 Å². The fourth-order valence-corrected chi connectivity index (χ4v) is 8.12. The third-order valence-corrected chi connectivity index (χ3v) is 10.1. The van der Waals surface area contributed by atoms with Crippen LogP contribution in [0.5, 0.6) is 0 Å². The van der Waals surface area contributed by atoms with Crippen molar-refractivity contribution in [2.75, 3.05) is 13.3 Å². The van der Waals surface area contributed by atoms with Gasteiger partial charge < -0.3 is 21.7 Å². The predicted molar refractivity (Wildman–Crippen MR) is 139 cm³/mol. The molecular weight excluding hydrogens is 491 g/mol. The third kappa shape index (κ3) is 6.76. The Morgan fingerprint density at radius 1 is 0.758 bits per heavy atom. The molecule has 0 amide bonds. The molecule has 0 N–H and O–H groups in total. The summed E-state index contributed by atoms with van der Waals surface area (Å²) in [7, 11) is -0.423. The number of rotatable bonds is 9. The first-order valence-electron chi connectivity index (χ1n) is 11.0. The van der Waals surface area contributed by atoms with E-state index in [1.165, 1.54) is 28.6 Å². The highest BCUT2D eigenvalue weighted by Crippen LogP contribution is 2.55. The van der Waals surface area contributed by atoms with Gasteiger partial charge in [-0.3, -0.25) is 0 Å². The smallest absolute Gasteiger partial charge is 0.333 e. The molecule has 0 radical (unpaired) electrons. The Labute approximate surface area is 209 Å². The molecule has 0 aromatic heterocycles. The summed E-state index contributed by atoms with van der Waals surface area (Å²) in [6.45, 7) is 4.00. The number of hydrogen-bond acceptors (Lipinski definition) is 2. The van der Waals surface area contributed by atoms with Crippen molar-refractivity contribution in [1.29, 1.82) is 0 Å². The van der Waals surface area contributed by atoms with Crippen LogP contribution >= 0.6 is 7.26 Å². The number of halogens is 1. The minimum atomic E-state index is -1.84. The van der Waals surface area contributed by atoms with Gasteiger partial charge in [0.25, 0.3) is 0 Å². The summed E-state index contributed by atoms with van der Waals surface area (Å²) >= 11 is 0. The monoisotopic (exact) mass is 522 g/mol. The van der Waals surface area contributed by atoms with Crippen molar-refractivity contribution >= 4 is 29.1 Å². The van der Waals surface area contributed by atoms with E-state index in [1.54, 1.807) is 0 Å². The van der Waals surface area contributed by atoms with Crippen molar-refractivity contribution in [2.45, 2.75) is 26.7 Å². The maximum atomic E-state index is 11.6. The van der Waals surface area contributed by atoms with E-state index in [0.717, 1.165) is 19.0 Å². The topological polar surface area (TPSA) is 26.3 Å². The van der Waals surface area contributed by atoms with E-state index in [-0.39, 0.29) is 23.0 Å². The van der Waals surface area contributed by atoms with Gasteiger partial charge in [-0.15, -0.1) is 0 Å². The number of esters is 1. The molecule has 4 heteroatoms. The van der Waals surface area contributed by atoms with Gasteiger partial charge in [-0.25, -0.2) is 4.79 Å². The first kappa shape index (κ1) is 26.8. The summed E-state index contributed by atoms with van der Waals surface area (Å²) in [6.07, 6.45) is 7.10. The first-order valence-corrected chi connectivity index (χ1v) is 13.0. The molecule has 0 heterocycles. The van der Waals surface area contributed by atoms with E-state index >= 15 is 0 Å². The fourth-order valence-electron chi connectivity index (χ4n) is 3.97. The summed E-state index contributed by atoms with van der Waals surface area (Å²) in [4.78, 5) is 11.6. The Balaban J connectivity index is 0.00000385. The third-order valence-electron chi connectivity index (χ3n) is 5.80. The SMILES string of the molecule is COC(=O)C(C)=CCCC(C)=CC[P+](c1ccccc1)(c1ccccc1)c1ccccc1.[Br-]. The molecule has 2 nitrogen and oxygen atoms in total. The lowest BCUT2D eigenvalue weighted by Gasteiger charge is -2.27. The highest BCUT2D eigenvalue weighted by Gasteiger charge is 2.44. The molecule has 0 bridgehead atoms. The average molecular weight is 523 g/mol. The van der Waals surface area contributed by atoms with Crippen molar-refractivity contribution in [2.24, 2.45) is 0 Å². The van der Waals surface area contributed by atoms with Crippen LogP contribution in [0.15, 0.2) is 114 Å². The molecule has 0 spiro atoms. The lowest BCUT2D eigenvalue weighted by atomic mass is 10.1. The molecule has 0 aliphatic heterocycles. The van der Waals surface area contributed by atoms with E-state index in [0.29, 0.717) is 5.57 Å². The van der Waals surface area contributed by atoms with Crippen LogP contribution in [0, 0.1) is 0 Å². The van der Waals surface area contributed by atoms with Gasteiger partial charge >= 0.3 is 5.97 Å². The number of hydrogen-bond donors (Lipinski definition) is 0. The van der Waals surface area contributed by atoms with Crippen LogP contribution in [-0.2, 0) is 9.53 Å². The number of methoxy groups -OCH3 is 1. The van der Waals surface area contributed by atoms with Crippen LogP contribution in [0.25, 0.3) is 0 Å². The summed E-state index contributed by atoms with van der Waals surface area (Å²) < 4.78 is 4.79. The van der Waals surface area contributed by atoms with Crippen LogP contribution in [0.3, 0.4) is 0 Å². The van der Waals surface area contributed by atoms with E-state index < -0.39 is 7.26 Å². The van der Waals surface area contributed by atoms with Crippen molar-refractivity contribution in [1.82, 2.24) is 0 Å². The summed E-state index contributed by atoms with van der Waals surface area (Å²) in [5, 5.41) is 4.17. The molecule has 0 fully saturated rings. The molecule has 0 atom stereocenters. The Morgan fingerprint density at radius 3 is 1.58 bits per heavy atom. The van der Waals surface area contributed by atoms with Gasteiger partial charge in [0.15, 0.2) is 0 Å². The lowest BCUT2D eigenvalue weighted by molar-refractivity contribution is -0.136. The highest BCUT2D eigenvalue weighted by molar-refractivity contribution is 7.95. The molecular formula is C29H32BrO2P. The van der Waals surface area contributed by atoms with Gasteiger partial charge in [0, 0.05) is 5.57 Å². The molecule has 33 heavy (non-hydrogen) atoms. The van der Waals surface area contributed by atoms with E-state index in [2.05, 4.69) is 104 Å². The van der Waals surface area contributed by atoms with Crippen molar-refractivity contribution in [3.8, 4) is 0 Å². The Kier molecular flexibility index (Phi) is 10.8. The van der Waals surface area contributed by atoms with Crippen LogP contribution in [0.1, 0.15) is 26.7 Å². The normalized spacial score (nSPS) is 12.1. The lowest BCUT2D eigenvalue weighted by Crippen LogP contribution is -3.00. The first-order chi connectivity index (χ1) is 15.6. The Hall–Kier alpha value is -2.48. The summed E-state index contributed by atoms with van der Waals surface area (Å²) in [6, 6.07) is 32.8. The van der Waals surface area contributed by atoms with Gasteiger partial charge in [0.05, 0.1) is 13.3 Å². The second kappa shape index (κ2) is 13.3. The zero-order valence-corrected chi connectivity index (χ0v) is 22.1. The number of carbonyl (C=O) groups excluding carboxylic acids is 1. The fraction of sp³-hybridized carbons (Fsp3) is 0.207. The van der Waals surface area contributed by atoms with Gasteiger partial charge in [0.1, 0.15) is 23.2 Å². The molecule has 0 unspecified atom stereocenters. The van der Waals surface area contributed by atoms with E-state index in [1.807, 2.05) is 13.0 Å². The van der Waals surface area contributed by atoms with Gasteiger partial charge in [0.2, 0.25) is 0 Å². The molecule has 0 aliphatic rings. The quantitative estimate of drug-likeness (QED) is 0.187. The zero-order chi connectivity index (χ0) is 22.8. The van der Waals surface area contributed by atoms with Gasteiger partial charge in [-0.05, 0) is 69.2 Å². The minimum absolute atomic E-state index is 0. The molecule has 172 valence electrons. The molecule has 0 saturated carbocycles. The van der Waals surface area contributed by atoms with Gasteiger partial charge in [-0.2, -0.15) is 0 Å². The van der Waals surface area contributed by atoms with E-state index in [9.17, 15) is 4.79 Å². The predicted octanol–water partition coefficient (Wildman–Crippen LogP) is 2.83.